The number of benzene rings is 3. The van der Waals surface area contributed by atoms with Gasteiger partial charge in [-0.2, -0.15) is 0 Å². The van der Waals surface area contributed by atoms with Crippen molar-refractivity contribution >= 4 is 27.5 Å². The predicted molar refractivity (Wildman–Crippen MR) is 168 cm³/mol. The second-order valence-electron chi connectivity index (χ2n) is 10.6. The monoisotopic (exact) mass is 592 g/mol. The first-order valence-electron chi connectivity index (χ1n) is 15.1. The molecule has 0 atom stereocenters. The topological polar surface area (TPSA) is 102 Å². The highest BCUT2D eigenvalue weighted by molar-refractivity contribution is 7.90. The average Bonchev–Trinajstić information content (AvgIpc) is 2.99. The van der Waals surface area contributed by atoms with E-state index in [9.17, 15) is 18.0 Å². The first kappa shape index (κ1) is 32.9. The van der Waals surface area contributed by atoms with Gasteiger partial charge in [-0.1, -0.05) is 114 Å². The van der Waals surface area contributed by atoms with Crippen LogP contribution in [-0.2, 0) is 21.4 Å². The van der Waals surface area contributed by atoms with Gasteiger partial charge in [-0.3, -0.25) is 9.59 Å². The van der Waals surface area contributed by atoms with E-state index in [1.807, 2.05) is 30.3 Å². The number of hydrogen-bond donors (Lipinski definition) is 2. The number of unbranched alkanes of at least 4 members (excludes halogenated alkanes) is 10. The van der Waals surface area contributed by atoms with Crippen molar-refractivity contribution in [1.29, 1.82) is 0 Å². The Bertz CT molecular complexity index is 1340. The number of amides is 2. The van der Waals surface area contributed by atoms with E-state index in [2.05, 4.69) is 17.0 Å². The molecular formula is C34H44N2O5S. The molecule has 0 aliphatic carbocycles. The normalized spacial score (nSPS) is 11.2. The van der Waals surface area contributed by atoms with Crippen molar-refractivity contribution < 1.29 is 22.7 Å². The lowest BCUT2D eigenvalue weighted by Crippen LogP contribution is -2.31. The van der Waals surface area contributed by atoms with Crippen molar-refractivity contribution in [2.75, 3.05) is 5.32 Å². The Morgan fingerprint density at radius 1 is 0.690 bits per heavy atom. The Morgan fingerprint density at radius 3 is 1.90 bits per heavy atom. The number of anilines is 1. The molecule has 0 saturated carbocycles. The van der Waals surface area contributed by atoms with Crippen LogP contribution in [0.4, 0.5) is 5.69 Å². The third-order valence-electron chi connectivity index (χ3n) is 7.05. The molecule has 0 spiro atoms. The molecule has 0 unspecified atom stereocenters. The summed E-state index contributed by atoms with van der Waals surface area (Å²) in [6.07, 6.45) is 12.8. The summed E-state index contributed by atoms with van der Waals surface area (Å²) in [5, 5.41) is 2.66. The summed E-state index contributed by atoms with van der Waals surface area (Å²) < 4.78 is 34.0. The van der Waals surface area contributed by atoms with E-state index in [1.54, 1.807) is 36.4 Å². The molecule has 0 aromatic heterocycles. The number of hydrogen-bond acceptors (Lipinski definition) is 5. The van der Waals surface area contributed by atoms with Gasteiger partial charge in [0.1, 0.15) is 17.3 Å². The molecule has 7 nitrogen and oxygen atoms in total. The number of ether oxygens (including phenoxy) is 1. The number of nitrogens with one attached hydrogen (secondary N) is 2. The molecule has 0 aliphatic heterocycles. The van der Waals surface area contributed by atoms with Crippen molar-refractivity contribution in [2.24, 2.45) is 0 Å². The van der Waals surface area contributed by atoms with Gasteiger partial charge < -0.3 is 10.1 Å². The van der Waals surface area contributed by atoms with Crippen molar-refractivity contribution in [3.63, 3.8) is 0 Å². The highest BCUT2D eigenvalue weighted by Crippen LogP contribution is 2.23. The maximum absolute atomic E-state index is 13.0. The van der Waals surface area contributed by atoms with Crippen LogP contribution in [0, 0.1) is 0 Å². The smallest absolute Gasteiger partial charge is 0.266 e. The molecule has 2 N–H and O–H groups in total. The number of carbonyl (C=O) groups is 2. The van der Waals surface area contributed by atoms with Crippen LogP contribution in [0.1, 0.15) is 99.9 Å². The van der Waals surface area contributed by atoms with E-state index in [-0.39, 0.29) is 17.0 Å². The second-order valence-corrected chi connectivity index (χ2v) is 12.2. The predicted octanol–water partition coefficient (Wildman–Crippen LogP) is 8.02. The van der Waals surface area contributed by atoms with Crippen molar-refractivity contribution in [3.05, 3.63) is 90.0 Å². The van der Waals surface area contributed by atoms with Crippen LogP contribution in [0.5, 0.6) is 5.75 Å². The maximum atomic E-state index is 13.0. The fourth-order valence-corrected chi connectivity index (χ4v) is 5.83. The third kappa shape index (κ3) is 11.7. The van der Waals surface area contributed by atoms with E-state index >= 15 is 0 Å². The molecule has 226 valence electrons. The zero-order chi connectivity index (χ0) is 30.0. The van der Waals surface area contributed by atoms with E-state index in [4.69, 9.17) is 4.74 Å². The summed E-state index contributed by atoms with van der Waals surface area (Å²) in [4.78, 5) is 25.2. The van der Waals surface area contributed by atoms with Gasteiger partial charge in [0.05, 0.1) is 5.69 Å². The molecule has 2 amide bonds. The lowest BCUT2D eigenvalue weighted by atomic mass is 10.1. The van der Waals surface area contributed by atoms with Crippen molar-refractivity contribution in [2.45, 2.75) is 95.5 Å². The maximum Gasteiger partial charge on any atom is 0.266 e. The molecular weight excluding hydrogens is 548 g/mol. The molecule has 8 heteroatoms. The van der Waals surface area contributed by atoms with Crippen LogP contribution in [0.15, 0.2) is 83.8 Å². The van der Waals surface area contributed by atoms with E-state index in [0.717, 1.165) is 24.8 Å². The van der Waals surface area contributed by atoms with Gasteiger partial charge in [-0.15, -0.1) is 0 Å². The van der Waals surface area contributed by atoms with Gasteiger partial charge in [-0.05, 0) is 48.4 Å². The summed E-state index contributed by atoms with van der Waals surface area (Å²) in [6.45, 7) is 2.63. The van der Waals surface area contributed by atoms with E-state index in [0.29, 0.717) is 24.3 Å². The number of sulfonamides is 1. The zero-order valence-electron chi connectivity index (χ0n) is 24.6. The molecule has 0 radical (unpaired) electrons. The molecule has 3 aromatic rings. The van der Waals surface area contributed by atoms with Crippen LogP contribution in [-0.4, -0.2) is 20.2 Å². The summed E-state index contributed by atoms with van der Waals surface area (Å²) in [5.74, 6) is -0.406. The average molecular weight is 593 g/mol. The summed E-state index contributed by atoms with van der Waals surface area (Å²) in [6, 6.07) is 22.4. The molecule has 0 saturated heterocycles. The molecule has 0 bridgehead atoms. The van der Waals surface area contributed by atoms with Gasteiger partial charge in [0.2, 0.25) is 5.91 Å². The number of carbonyl (C=O) groups excluding carboxylic acids is 2. The highest BCUT2D eigenvalue weighted by Gasteiger charge is 2.22. The highest BCUT2D eigenvalue weighted by atomic mass is 32.2. The third-order valence-corrected chi connectivity index (χ3v) is 8.48. The minimum absolute atomic E-state index is 0.0990. The van der Waals surface area contributed by atoms with Crippen LogP contribution >= 0.6 is 0 Å². The number of para-hydroxylation sites is 1. The van der Waals surface area contributed by atoms with Gasteiger partial charge in [0.25, 0.3) is 15.9 Å². The minimum atomic E-state index is -4.16. The standard InChI is InChI=1S/C34H44N2O5S/c1-2-3-4-5-6-7-8-9-10-11-15-22-33(37)36-42(39,40)32-21-17-16-20-31(32)35-34(38)29-23-25-30(26-24-29)41-27-28-18-13-12-14-19-28/h12-14,16-21,23-26H,2-11,15,22,27H2,1H3,(H,35,38)(H,36,37). The lowest BCUT2D eigenvalue weighted by molar-refractivity contribution is -0.119. The van der Waals surface area contributed by atoms with E-state index < -0.39 is 21.8 Å². The molecule has 3 rings (SSSR count). The Hall–Kier alpha value is -3.65. The largest absolute Gasteiger partial charge is 0.489 e. The summed E-state index contributed by atoms with van der Waals surface area (Å²) in [7, 11) is -4.16. The Kier molecular flexibility index (Phi) is 14.1. The minimum Gasteiger partial charge on any atom is -0.489 e. The summed E-state index contributed by atoms with van der Waals surface area (Å²) in [5.41, 5.74) is 1.47. The second kappa shape index (κ2) is 18.0. The fourth-order valence-electron chi connectivity index (χ4n) is 4.65. The van der Waals surface area contributed by atoms with Crippen LogP contribution in [0.3, 0.4) is 0 Å². The quantitative estimate of drug-likeness (QED) is 0.137. The Balaban J connectivity index is 1.44. The molecule has 0 aliphatic rings. The van der Waals surface area contributed by atoms with Crippen LogP contribution in [0.2, 0.25) is 0 Å². The SMILES string of the molecule is CCCCCCCCCCCCCC(=O)NS(=O)(=O)c1ccccc1NC(=O)c1ccc(OCc2ccccc2)cc1. The van der Waals surface area contributed by atoms with Gasteiger partial charge in [-0.25, -0.2) is 13.1 Å². The first-order chi connectivity index (χ1) is 20.4. The molecule has 3 aromatic carbocycles. The molecule has 42 heavy (non-hydrogen) atoms. The van der Waals surface area contributed by atoms with Crippen molar-refractivity contribution in [3.8, 4) is 5.75 Å². The van der Waals surface area contributed by atoms with Crippen LogP contribution in [0.25, 0.3) is 0 Å². The Labute approximate surface area is 251 Å². The van der Waals surface area contributed by atoms with Gasteiger partial charge in [0.15, 0.2) is 0 Å². The fraction of sp³-hybridized carbons (Fsp3) is 0.412. The first-order valence-corrected chi connectivity index (χ1v) is 16.6. The molecule has 0 fully saturated rings. The lowest BCUT2D eigenvalue weighted by Gasteiger charge is -2.13. The summed E-state index contributed by atoms with van der Waals surface area (Å²) >= 11 is 0. The van der Waals surface area contributed by atoms with E-state index in [1.165, 1.54) is 57.1 Å². The molecule has 0 heterocycles. The zero-order valence-corrected chi connectivity index (χ0v) is 25.5. The number of rotatable bonds is 19. The van der Waals surface area contributed by atoms with Gasteiger partial charge >= 0.3 is 0 Å². The Morgan fingerprint density at radius 2 is 1.26 bits per heavy atom. The van der Waals surface area contributed by atoms with Gasteiger partial charge in [0, 0.05) is 12.0 Å². The van der Waals surface area contributed by atoms with Crippen LogP contribution < -0.4 is 14.8 Å². The van der Waals surface area contributed by atoms with Crippen molar-refractivity contribution in [1.82, 2.24) is 4.72 Å².